The van der Waals surface area contributed by atoms with Gasteiger partial charge in [0.1, 0.15) is 0 Å². The Bertz CT molecular complexity index is 424. The maximum atomic E-state index is 12.6. The van der Waals surface area contributed by atoms with Crippen LogP contribution in [0, 0.1) is 5.92 Å². The predicted molar refractivity (Wildman–Crippen MR) is 82.8 cm³/mol. The number of rotatable bonds is 5. The first kappa shape index (κ1) is 15.0. The highest BCUT2D eigenvalue weighted by atomic mass is 16.2. The van der Waals surface area contributed by atoms with E-state index in [2.05, 4.69) is 18.7 Å². The summed E-state index contributed by atoms with van der Waals surface area (Å²) in [5.41, 5.74) is 0.780. The van der Waals surface area contributed by atoms with Crippen molar-refractivity contribution in [1.29, 1.82) is 0 Å². The van der Waals surface area contributed by atoms with Crippen LogP contribution in [-0.4, -0.2) is 48.4 Å². The Morgan fingerprint density at radius 1 is 1.20 bits per heavy atom. The number of hydrogen-bond acceptors (Lipinski definition) is 2. The number of carbonyl (C=O) groups is 1. The normalized spacial score (nSPS) is 17.4. The smallest absolute Gasteiger partial charge is 0.253 e. The summed E-state index contributed by atoms with van der Waals surface area (Å²) in [5.74, 6) is 0.594. The second kappa shape index (κ2) is 6.89. The molecule has 1 aromatic rings. The molecule has 0 spiro atoms. The van der Waals surface area contributed by atoms with Crippen LogP contribution >= 0.6 is 0 Å². The molecule has 1 fully saturated rings. The molecule has 1 amide bonds. The van der Waals surface area contributed by atoms with E-state index in [0.29, 0.717) is 5.92 Å². The number of likely N-dealkylation sites (N-methyl/N-ethyl adjacent to an activating group) is 1. The van der Waals surface area contributed by atoms with Crippen molar-refractivity contribution >= 4 is 5.91 Å². The minimum atomic E-state index is 0.128. The molecular weight excluding hydrogens is 248 g/mol. The Morgan fingerprint density at radius 2 is 1.80 bits per heavy atom. The summed E-state index contributed by atoms with van der Waals surface area (Å²) in [5, 5.41) is 0. The summed E-state index contributed by atoms with van der Waals surface area (Å²) in [6, 6.07) is 9.86. The summed E-state index contributed by atoms with van der Waals surface area (Å²) in [7, 11) is 1.94. The fourth-order valence-corrected chi connectivity index (χ4v) is 2.95. The van der Waals surface area contributed by atoms with Crippen molar-refractivity contribution in [2.45, 2.75) is 32.7 Å². The van der Waals surface area contributed by atoms with E-state index in [1.807, 2.05) is 42.3 Å². The van der Waals surface area contributed by atoms with Gasteiger partial charge in [0.05, 0.1) is 0 Å². The van der Waals surface area contributed by atoms with Crippen LogP contribution in [0.2, 0.25) is 0 Å². The minimum absolute atomic E-state index is 0.128. The minimum Gasteiger partial charge on any atom is -0.337 e. The summed E-state index contributed by atoms with van der Waals surface area (Å²) in [6.07, 6.45) is 2.59. The quantitative estimate of drug-likeness (QED) is 0.824. The van der Waals surface area contributed by atoms with Gasteiger partial charge >= 0.3 is 0 Å². The Morgan fingerprint density at radius 3 is 2.35 bits per heavy atom. The van der Waals surface area contributed by atoms with Gasteiger partial charge in [-0.1, -0.05) is 32.0 Å². The molecular formula is C17H26N2O. The van der Waals surface area contributed by atoms with E-state index in [0.717, 1.165) is 12.1 Å². The SMILES string of the molecule is CC(C)[C@@H](CN1CCCC1)N(C)C(=O)c1ccccc1. The summed E-state index contributed by atoms with van der Waals surface area (Å²) in [4.78, 5) is 17.0. The molecule has 20 heavy (non-hydrogen) atoms. The molecule has 110 valence electrons. The Labute approximate surface area is 122 Å². The van der Waals surface area contributed by atoms with Crippen LogP contribution < -0.4 is 0 Å². The molecule has 0 radical (unpaired) electrons. The third-order valence-corrected chi connectivity index (χ3v) is 4.25. The van der Waals surface area contributed by atoms with E-state index >= 15 is 0 Å². The molecule has 0 aromatic heterocycles. The monoisotopic (exact) mass is 274 g/mol. The maximum Gasteiger partial charge on any atom is 0.253 e. The second-order valence-corrected chi connectivity index (χ2v) is 6.10. The molecule has 0 unspecified atom stereocenters. The number of amides is 1. The molecule has 1 saturated heterocycles. The van der Waals surface area contributed by atoms with Crippen LogP contribution in [0.5, 0.6) is 0 Å². The summed E-state index contributed by atoms with van der Waals surface area (Å²) in [6.45, 7) is 7.75. The fraction of sp³-hybridized carbons (Fsp3) is 0.588. The summed E-state index contributed by atoms with van der Waals surface area (Å²) >= 11 is 0. The van der Waals surface area contributed by atoms with Gasteiger partial charge in [-0.15, -0.1) is 0 Å². The van der Waals surface area contributed by atoms with Gasteiger partial charge in [0.2, 0.25) is 0 Å². The number of likely N-dealkylation sites (tertiary alicyclic amines) is 1. The molecule has 0 bridgehead atoms. The third-order valence-electron chi connectivity index (χ3n) is 4.25. The molecule has 2 rings (SSSR count). The first-order valence-electron chi connectivity index (χ1n) is 7.64. The van der Waals surface area contributed by atoms with Gasteiger partial charge < -0.3 is 9.80 Å². The van der Waals surface area contributed by atoms with Gasteiger partial charge in [0.15, 0.2) is 0 Å². The molecule has 0 saturated carbocycles. The van der Waals surface area contributed by atoms with Crippen LogP contribution in [0.4, 0.5) is 0 Å². The van der Waals surface area contributed by atoms with Crippen molar-refractivity contribution in [3.63, 3.8) is 0 Å². The molecule has 3 nitrogen and oxygen atoms in total. The van der Waals surface area contributed by atoms with Crippen molar-refractivity contribution in [2.75, 3.05) is 26.7 Å². The second-order valence-electron chi connectivity index (χ2n) is 6.10. The Hall–Kier alpha value is -1.35. The zero-order valence-electron chi connectivity index (χ0n) is 12.9. The molecule has 3 heteroatoms. The first-order valence-corrected chi connectivity index (χ1v) is 7.64. The Kier molecular flexibility index (Phi) is 5.18. The standard InChI is InChI=1S/C17H26N2O/c1-14(2)16(13-19-11-7-8-12-19)18(3)17(20)15-9-5-4-6-10-15/h4-6,9-10,14,16H,7-8,11-13H2,1-3H3/t16-/m1/s1. The maximum absolute atomic E-state index is 12.6. The third kappa shape index (κ3) is 3.60. The van der Waals surface area contributed by atoms with E-state index < -0.39 is 0 Å². The zero-order chi connectivity index (χ0) is 14.5. The van der Waals surface area contributed by atoms with Gasteiger partial charge in [-0.25, -0.2) is 0 Å². The van der Waals surface area contributed by atoms with Crippen molar-refractivity contribution in [3.8, 4) is 0 Å². The highest BCUT2D eigenvalue weighted by molar-refractivity contribution is 5.94. The van der Waals surface area contributed by atoms with Gasteiger partial charge in [-0.3, -0.25) is 4.79 Å². The van der Waals surface area contributed by atoms with E-state index in [1.54, 1.807) is 0 Å². The number of benzene rings is 1. The summed E-state index contributed by atoms with van der Waals surface area (Å²) < 4.78 is 0. The lowest BCUT2D eigenvalue weighted by Gasteiger charge is -2.34. The lowest BCUT2D eigenvalue weighted by molar-refractivity contribution is 0.0641. The van der Waals surface area contributed by atoms with E-state index in [9.17, 15) is 4.79 Å². The molecule has 0 aliphatic carbocycles. The van der Waals surface area contributed by atoms with Crippen molar-refractivity contribution in [1.82, 2.24) is 9.80 Å². The van der Waals surface area contributed by atoms with Crippen LogP contribution in [0.15, 0.2) is 30.3 Å². The topological polar surface area (TPSA) is 23.6 Å². The van der Waals surface area contributed by atoms with Gasteiger partial charge in [0, 0.05) is 25.2 Å². The number of nitrogens with zero attached hydrogens (tertiary/aromatic N) is 2. The zero-order valence-corrected chi connectivity index (χ0v) is 12.9. The molecule has 1 aliphatic rings. The average Bonchev–Trinajstić information content (AvgIpc) is 2.97. The highest BCUT2D eigenvalue weighted by Crippen LogP contribution is 2.17. The molecule has 1 aliphatic heterocycles. The van der Waals surface area contributed by atoms with Crippen LogP contribution in [0.25, 0.3) is 0 Å². The number of carbonyl (C=O) groups excluding carboxylic acids is 1. The van der Waals surface area contributed by atoms with Crippen LogP contribution in [-0.2, 0) is 0 Å². The van der Waals surface area contributed by atoms with E-state index in [1.165, 1.54) is 25.9 Å². The van der Waals surface area contributed by atoms with Crippen LogP contribution in [0.3, 0.4) is 0 Å². The number of hydrogen-bond donors (Lipinski definition) is 0. The highest BCUT2D eigenvalue weighted by Gasteiger charge is 2.26. The lowest BCUT2D eigenvalue weighted by atomic mass is 10.0. The molecule has 1 atom stereocenters. The average molecular weight is 274 g/mol. The van der Waals surface area contributed by atoms with Crippen molar-refractivity contribution in [2.24, 2.45) is 5.92 Å². The molecule has 0 N–H and O–H groups in total. The van der Waals surface area contributed by atoms with Gasteiger partial charge in [-0.2, -0.15) is 0 Å². The fourth-order valence-electron chi connectivity index (χ4n) is 2.95. The Balaban J connectivity index is 2.06. The van der Waals surface area contributed by atoms with Gasteiger partial charge in [-0.05, 0) is 44.0 Å². The van der Waals surface area contributed by atoms with Gasteiger partial charge in [0.25, 0.3) is 5.91 Å². The largest absolute Gasteiger partial charge is 0.337 e. The van der Waals surface area contributed by atoms with Crippen molar-refractivity contribution < 1.29 is 4.79 Å². The lowest BCUT2D eigenvalue weighted by Crippen LogP contribution is -2.47. The molecule has 1 heterocycles. The first-order chi connectivity index (χ1) is 9.59. The van der Waals surface area contributed by atoms with E-state index in [-0.39, 0.29) is 11.9 Å². The predicted octanol–water partition coefficient (Wildman–Crippen LogP) is 2.88. The molecule has 1 aromatic carbocycles. The van der Waals surface area contributed by atoms with Crippen LogP contribution in [0.1, 0.15) is 37.0 Å². The van der Waals surface area contributed by atoms with E-state index in [4.69, 9.17) is 0 Å². The van der Waals surface area contributed by atoms with Crippen molar-refractivity contribution in [3.05, 3.63) is 35.9 Å².